The number of aliphatic imine (C=N–C) groups is 1. The summed E-state index contributed by atoms with van der Waals surface area (Å²) in [6, 6.07) is 8.88. The van der Waals surface area contributed by atoms with Crippen LogP contribution in [0, 0.1) is 13.8 Å². The number of pyridine rings is 1. The molecule has 1 aromatic carbocycles. The van der Waals surface area contributed by atoms with Crippen molar-refractivity contribution in [1.82, 2.24) is 18.6 Å². The smallest absolute Gasteiger partial charge is 0.240 e. The van der Waals surface area contributed by atoms with Crippen LogP contribution in [0.25, 0.3) is 5.69 Å². The predicted octanol–water partition coefficient (Wildman–Crippen LogP) is 3.67. The van der Waals surface area contributed by atoms with Crippen LogP contribution in [0.2, 0.25) is 0 Å². The van der Waals surface area contributed by atoms with Crippen molar-refractivity contribution >= 4 is 53.1 Å². The van der Waals surface area contributed by atoms with Gasteiger partial charge in [-0.2, -0.15) is 4.31 Å². The highest BCUT2D eigenvalue weighted by atomic mass is 79.9. The molecule has 2 aliphatic heterocycles. The van der Waals surface area contributed by atoms with Crippen LogP contribution in [0.3, 0.4) is 0 Å². The molecule has 2 N–H and O–H groups in total. The molecular formula is C26H31BrN6O4S2. The Morgan fingerprint density at radius 2 is 1.92 bits per heavy atom. The van der Waals surface area contributed by atoms with Crippen LogP contribution in [-0.4, -0.2) is 68.3 Å². The zero-order chi connectivity index (χ0) is 28.1. The van der Waals surface area contributed by atoms with E-state index >= 15 is 0 Å². The molecule has 2 aliphatic rings. The molecule has 0 amide bonds. The summed E-state index contributed by atoms with van der Waals surface area (Å²) in [7, 11) is -5.41. The first-order valence-corrected chi connectivity index (χ1v) is 16.6. The number of rotatable bonds is 8. The SMILES string of the molecule is CCS(=O)(=O)N1CCC(Nc2c(Br)cnc3c2N=C(c2cc(C)n(-c4cccc(S(=O)(=O)NC)c4)c2C)C3)C1. The van der Waals surface area contributed by atoms with E-state index in [-0.39, 0.29) is 16.7 Å². The quantitative estimate of drug-likeness (QED) is 0.389. The summed E-state index contributed by atoms with van der Waals surface area (Å²) in [4.78, 5) is 9.81. The van der Waals surface area contributed by atoms with Gasteiger partial charge in [0.1, 0.15) is 5.69 Å². The second kappa shape index (κ2) is 10.4. The maximum Gasteiger partial charge on any atom is 0.240 e. The van der Waals surface area contributed by atoms with Gasteiger partial charge < -0.3 is 9.88 Å². The normalized spacial score (nSPS) is 17.9. The summed E-state index contributed by atoms with van der Waals surface area (Å²) >= 11 is 3.61. The topological polar surface area (TPSA) is 126 Å². The lowest BCUT2D eigenvalue weighted by molar-refractivity contribution is 0.475. The number of fused-ring (bicyclic) bond motifs is 1. The highest BCUT2D eigenvalue weighted by Crippen LogP contribution is 2.41. The van der Waals surface area contributed by atoms with Crippen molar-refractivity contribution in [1.29, 1.82) is 0 Å². The maximum absolute atomic E-state index is 12.4. The number of halogens is 1. The summed E-state index contributed by atoms with van der Waals surface area (Å²) in [5.41, 5.74) is 6.91. The second-order valence-corrected chi connectivity index (χ2v) is 14.7. The van der Waals surface area contributed by atoms with Gasteiger partial charge in [0.2, 0.25) is 20.0 Å². The van der Waals surface area contributed by atoms with Crippen LogP contribution in [0.15, 0.2) is 50.9 Å². The Morgan fingerprint density at radius 3 is 2.64 bits per heavy atom. The molecule has 208 valence electrons. The molecule has 4 heterocycles. The van der Waals surface area contributed by atoms with Gasteiger partial charge in [0.15, 0.2) is 0 Å². The Labute approximate surface area is 237 Å². The van der Waals surface area contributed by atoms with Crippen molar-refractivity contribution in [2.45, 2.75) is 44.6 Å². The summed E-state index contributed by atoms with van der Waals surface area (Å²) in [5.74, 6) is 0.0930. The van der Waals surface area contributed by atoms with E-state index in [9.17, 15) is 16.8 Å². The fourth-order valence-electron chi connectivity index (χ4n) is 5.24. The molecule has 0 saturated carbocycles. The second-order valence-electron chi connectivity index (χ2n) is 9.73. The third kappa shape index (κ3) is 5.18. The lowest BCUT2D eigenvalue weighted by atomic mass is 10.1. The first kappa shape index (κ1) is 28.0. The number of sulfonamides is 2. The lowest BCUT2D eigenvalue weighted by Crippen LogP contribution is -2.32. The fraction of sp³-hybridized carbons (Fsp3) is 0.385. The Kier molecular flexibility index (Phi) is 7.48. The first-order chi connectivity index (χ1) is 18.4. The summed E-state index contributed by atoms with van der Waals surface area (Å²) in [6.45, 7) is 6.56. The zero-order valence-corrected chi connectivity index (χ0v) is 25.4. The van der Waals surface area contributed by atoms with E-state index < -0.39 is 20.0 Å². The fourth-order valence-corrected chi connectivity index (χ4v) is 7.57. The molecule has 13 heteroatoms. The lowest BCUT2D eigenvalue weighted by Gasteiger charge is -2.18. The Balaban J connectivity index is 1.47. The van der Waals surface area contributed by atoms with Gasteiger partial charge >= 0.3 is 0 Å². The number of hydrogen-bond donors (Lipinski definition) is 2. The van der Waals surface area contributed by atoms with E-state index in [0.717, 1.165) is 49.9 Å². The Bertz CT molecular complexity index is 1700. The molecule has 0 spiro atoms. The van der Waals surface area contributed by atoms with Gasteiger partial charge in [0.05, 0.1) is 32.2 Å². The largest absolute Gasteiger partial charge is 0.378 e. The highest BCUT2D eigenvalue weighted by Gasteiger charge is 2.32. The van der Waals surface area contributed by atoms with E-state index in [0.29, 0.717) is 25.9 Å². The molecular weight excluding hydrogens is 604 g/mol. The van der Waals surface area contributed by atoms with E-state index in [2.05, 4.69) is 37.0 Å². The van der Waals surface area contributed by atoms with E-state index in [1.54, 1.807) is 35.6 Å². The summed E-state index contributed by atoms with van der Waals surface area (Å²) < 4.78 is 56.1. The van der Waals surface area contributed by atoms with Crippen molar-refractivity contribution in [2.75, 3.05) is 31.2 Å². The van der Waals surface area contributed by atoms with Crippen molar-refractivity contribution in [2.24, 2.45) is 4.99 Å². The monoisotopic (exact) mass is 634 g/mol. The molecule has 1 atom stereocenters. The van der Waals surface area contributed by atoms with Crippen LogP contribution in [-0.2, 0) is 26.5 Å². The van der Waals surface area contributed by atoms with Gasteiger partial charge in [0.25, 0.3) is 0 Å². The number of anilines is 1. The third-order valence-corrected chi connectivity index (χ3v) is 11.2. The minimum atomic E-state index is -3.57. The van der Waals surface area contributed by atoms with Crippen LogP contribution in [0.1, 0.15) is 36.0 Å². The molecule has 1 saturated heterocycles. The number of aryl methyl sites for hydroxylation is 1. The van der Waals surface area contributed by atoms with Crippen LogP contribution in [0.5, 0.6) is 0 Å². The average Bonchev–Trinajstić information content (AvgIpc) is 3.63. The minimum Gasteiger partial charge on any atom is -0.378 e. The number of nitrogens with one attached hydrogen (secondary N) is 2. The van der Waals surface area contributed by atoms with Gasteiger partial charge in [-0.05, 0) is 74.4 Å². The molecule has 1 fully saturated rings. The molecule has 0 radical (unpaired) electrons. The number of aromatic nitrogens is 2. The molecule has 0 aliphatic carbocycles. The van der Waals surface area contributed by atoms with Crippen molar-refractivity contribution in [3.05, 3.63) is 63.6 Å². The zero-order valence-electron chi connectivity index (χ0n) is 22.2. The highest BCUT2D eigenvalue weighted by molar-refractivity contribution is 9.10. The Hall–Kier alpha value is -2.58. The summed E-state index contributed by atoms with van der Waals surface area (Å²) in [6.07, 6.45) is 3.02. The number of hydrogen-bond acceptors (Lipinski definition) is 7. The number of benzene rings is 1. The molecule has 5 rings (SSSR count). The molecule has 39 heavy (non-hydrogen) atoms. The maximum atomic E-state index is 12.4. The molecule has 2 aromatic heterocycles. The Morgan fingerprint density at radius 1 is 1.15 bits per heavy atom. The van der Waals surface area contributed by atoms with Crippen molar-refractivity contribution in [3.63, 3.8) is 0 Å². The molecule has 1 unspecified atom stereocenters. The van der Waals surface area contributed by atoms with Crippen molar-refractivity contribution < 1.29 is 16.8 Å². The molecule has 10 nitrogen and oxygen atoms in total. The molecule has 0 bridgehead atoms. The predicted molar refractivity (Wildman–Crippen MR) is 156 cm³/mol. The van der Waals surface area contributed by atoms with E-state index in [4.69, 9.17) is 4.99 Å². The molecule has 3 aromatic rings. The van der Waals surface area contributed by atoms with E-state index in [1.165, 1.54) is 7.05 Å². The van der Waals surface area contributed by atoms with E-state index in [1.807, 2.05) is 24.5 Å². The van der Waals surface area contributed by atoms with Crippen molar-refractivity contribution in [3.8, 4) is 5.69 Å². The number of nitrogens with zero attached hydrogens (tertiary/aromatic N) is 4. The van der Waals surface area contributed by atoms with Crippen LogP contribution < -0.4 is 10.0 Å². The minimum absolute atomic E-state index is 0.0281. The first-order valence-electron chi connectivity index (χ1n) is 12.7. The van der Waals surface area contributed by atoms with Gasteiger partial charge in [-0.15, -0.1) is 0 Å². The average molecular weight is 636 g/mol. The van der Waals surface area contributed by atoms with Crippen LogP contribution >= 0.6 is 15.9 Å². The van der Waals surface area contributed by atoms with Crippen LogP contribution in [0.4, 0.5) is 11.4 Å². The summed E-state index contributed by atoms with van der Waals surface area (Å²) in [5, 5.41) is 3.52. The standard InChI is InChI=1S/C26H31BrN6O4S2/c1-5-38(34,35)32-10-9-18(15-32)30-25-22(27)14-29-24-13-23(31-26(24)25)21-11-16(2)33(17(21)3)19-7-6-8-20(12-19)39(36,37)28-4/h6-8,11-12,14,18,28H,5,9-10,13,15H2,1-4H3,(H,29,30). The third-order valence-electron chi connectivity index (χ3n) is 7.32. The van der Waals surface area contributed by atoms with Gasteiger partial charge in [-0.1, -0.05) is 6.07 Å². The van der Waals surface area contributed by atoms with Gasteiger partial charge in [-0.3, -0.25) is 4.98 Å². The van der Waals surface area contributed by atoms with Gasteiger partial charge in [-0.25, -0.2) is 26.6 Å². The van der Waals surface area contributed by atoms with Gasteiger partial charge in [0, 0.05) is 54.4 Å².